The van der Waals surface area contributed by atoms with Crippen LogP contribution in [-0.4, -0.2) is 27.1 Å². The van der Waals surface area contributed by atoms with E-state index >= 15 is 0 Å². The third-order valence-corrected chi connectivity index (χ3v) is 4.73. The molecule has 1 aromatic heterocycles. The minimum atomic E-state index is -4.52. The standard InChI is InChI=1S/C23H22F3N3O2/c1-3-12-28(15-17-8-5-4-6-9-17)22(31)21-20(30)13-16(2)29(27-21)19-11-7-10-18(14-19)23(24,25)26/h4-11,13-14H,3,12,15H2,1-2H3. The normalized spacial score (nSPS) is 11.4. The van der Waals surface area contributed by atoms with E-state index < -0.39 is 23.1 Å². The van der Waals surface area contributed by atoms with Crippen molar-refractivity contribution in [2.75, 3.05) is 6.54 Å². The lowest BCUT2D eigenvalue weighted by Crippen LogP contribution is -2.36. The summed E-state index contributed by atoms with van der Waals surface area (Å²) in [6, 6.07) is 15.1. The molecule has 5 nitrogen and oxygen atoms in total. The lowest BCUT2D eigenvalue weighted by atomic mass is 10.2. The SMILES string of the molecule is CCCN(Cc1ccccc1)C(=O)c1nn(-c2cccc(C(F)(F)F)c2)c(C)cc1=O. The fourth-order valence-electron chi connectivity index (χ4n) is 3.25. The fraction of sp³-hybridized carbons (Fsp3) is 0.261. The highest BCUT2D eigenvalue weighted by Gasteiger charge is 2.31. The monoisotopic (exact) mass is 429 g/mol. The molecule has 0 N–H and O–H groups in total. The molecule has 0 radical (unpaired) electrons. The molecule has 0 saturated carbocycles. The number of benzene rings is 2. The van der Waals surface area contributed by atoms with E-state index in [0.717, 1.165) is 17.7 Å². The molecule has 0 spiro atoms. The molecule has 0 aliphatic rings. The molecule has 3 rings (SSSR count). The van der Waals surface area contributed by atoms with Crippen molar-refractivity contribution in [2.24, 2.45) is 0 Å². The molecule has 1 amide bonds. The maximum Gasteiger partial charge on any atom is 0.416 e. The van der Waals surface area contributed by atoms with E-state index in [1.807, 2.05) is 37.3 Å². The predicted octanol–water partition coefficient (Wildman–Crippen LogP) is 4.61. The number of amides is 1. The Morgan fingerprint density at radius 2 is 1.77 bits per heavy atom. The van der Waals surface area contributed by atoms with Gasteiger partial charge in [-0.05, 0) is 37.1 Å². The van der Waals surface area contributed by atoms with Gasteiger partial charge in [0.25, 0.3) is 5.91 Å². The van der Waals surface area contributed by atoms with E-state index in [-0.39, 0.29) is 11.4 Å². The summed E-state index contributed by atoms with van der Waals surface area (Å²) in [5.74, 6) is -0.559. The average molecular weight is 429 g/mol. The molecule has 0 atom stereocenters. The molecule has 0 bridgehead atoms. The number of carbonyl (C=O) groups is 1. The number of alkyl halides is 3. The van der Waals surface area contributed by atoms with Crippen LogP contribution in [0.15, 0.2) is 65.5 Å². The number of aryl methyl sites for hydroxylation is 1. The minimum absolute atomic E-state index is 0.117. The van der Waals surface area contributed by atoms with Crippen LogP contribution in [-0.2, 0) is 12.7 Å². The van der Waals surface area contributed by atoms with Gasteiger partial charge in [0.15, 0.2) is 5.69 Å². The van der Waals surface area contributed by atoms with Gasteiger partial charge in [0.05, 0.1) is 11.3 Å². The second-order valence-electron chi connectivity index (χ2n) is 7.17. The third kappa shape index (κ3) is 5.20. The summed E-state index contributed by atoms with van der Waals surface area (Å²) in [6.45, 7) is 4.17. The van der Waals surface area contributed by atoms with Gasteiger partial charge in [0, 0.05) is 24.8 Å². The average Bonchev–Trinajstić information content (AvgIpc) is 2.73. The van der Waals surface area contributed by atoms with Gasteiger partial charge in [-0.25, -0.2) is 4.68 Å². The van der Waals surface area contributed by atoms with Crippen molar-refractivity contribution in [3.05, 3.63) is 93.4 Å². The quantitative estimate of drug-likeness (QED) is 0.575. The number of rotatable bonds is 6. The van der Waals surface area contributed by atoms with Crippen molar-refractivity contribution in [1.82, 2.24) is 14.7 Å². The first-order chi connectivity index (χ1) is 14.7. The van der Waals surface area contributed by atoms with Gasteiger partial charge < -0.3 is 4.90 Å². The molecule has 0 unspecified atom stereocenters. The summed E-state index contributed by atoms with van der Waals surface area (Å²) < 4.78 is 40.5. The first-order valence-electron chi connectivity index (χ1n) is 9.82. The largest absolute Gasteiger partial charge is 0.416 e. The molecule has 3 aromatic rings. The molecule has 8 heteroatoms. The Hall–Kier alpha value is -3.42. The van der Waals surface area contributed by atoms with Gasteiger partial charge in [-0.1, -0.05) is 43.3 Å². The summed E-state index contributed by atoms with van der Waals surface area (Å²) >= 11 is 0. The van der Waals surface area contributed by atoms with Gasteiger partial charge in [-0.2, -0.15) is 18.3 Å². The summed E-state index contributed by atoms with van der Waals surface area (Å²) in [6.07, 6.45) is -3.85. The lowest BCUT2D eigenvalue weighted by molar-refractivity contribution is -0.137. The smallest absolute Gasteiger partial charge is 0.333 e. The number of hydrogen-bond donors (Lipinski definition) is 0. The van der Waals surface area contributed by atoms with Crippen LogP contribution in [0.4, 0.5) is 13.2 Å². The van der Waals surface area contributed by atoms with Crippen molar-refractivity contribution in [2.45, 2.75) is 33.0 Å². The number of nitrogens with zero attached hydrogens (tertiary/aromatic N) is 3. The van der Waals surface area contributed by atoms with Gasteiger partial charge in [-0.3, -0.25) is 9.59 Å². The van der Waals surface area contributed by atoms with Gasteiger partial charge >= 0.3 is 6.18 Å². The molecule has 0 saturated heterocycles. The van der Waals surface area contributed by atoms with E-state index in [1.165, 1.54) is 27.8 Å². The van der Waals surface area contributed by atoms with Gasteiger partial charge in [0.2, 0.25) is 5.43 Å². The molecule has 0 fully saturated rings. The van der Waals surface area contributed by atoms with Crippen LogP contribution in [0.2, 0.25) is 0 Å². The van der Waals surface area contributed by atoms with Gasteiger partial charge in [0.1, 0.15) is 0 Å². The lowest BCUT2D eigenvalue weighted by Gasteiger charge is -2.22. The van der Waals surface area contributed by atoms with E-state index in [0.29, 0.717) is 25.2 Å². The van der Waals surface area contributed by atoms with Crippen LogP contribution < -0.4 is 5.43 Å². The Morgan fingerprint density at radius 3 is 2.42 bits per heavy atom. The molecule has 0 aliphatic carbocycles. The predicted molar refractivity (Wildman–Crippen MR) is 111 cm³/mol. The molecule has 2 aromatic carbocycles. The van der Waals surface area contributed by atoms with Crippen LogP contribution in [0, 0.1) is 6.92 Å². The maximum absolute atomic E-state index is 13.2. The Morgan fingerprint density at radius 1 is 1.06 bits per heavy atom. The molecule has 31 heavy (non-hydrogen) atoms. The van der Waals surface area contributed by atoms with E-state index in [4.69, 9.17) is 0 Å². The second-order valence-corrected chi connectivity index (χ2v) is 7.17. The van der Waals surface area contributed by atoms with Crippen molar-refractivity contribution < 1.29 is 18.0 Å². The van der Waals surface area contributed by atoms with Gasteiger partial charge in [-0.15, -0.1) is 0 Å². The first-order valence-corrected chi connectivity index (χ1v) is 9.82. The van der Waals surface area contributed by atoms with Crippen molar-refractivity contribution in [1.29, 1.82) is 0 Å². The Bertz CT molecular complexity index is 1120. The highest BCUT2D eigenvalue weighted by atomic mass is 19.4. The highest BCUT2D eigenvalue weighted by Crippen LogP contribution is 2.30. The summed E-state index contributed by atoms with van der Waals surface area (Å²) in [5, 5.41) is 4.16. The number of aromatic nitrogens is 2. The van der Waals surface area contributed by atoms with Crippen LogP contribution in [0.3, 0.4) is 0 Å². The van der Waals surface area contributed by atoms with Crippen LogP contribution in [0.1, 0.15) is 40.7 Å². The van der Waals surface area contributed by atoms with Crippen LogP contribution >= 0.6 is 0 Å². The second kappa shape index (κ2) is 9.16. The third-order valence-electron chi connectivity index (χ3n) is 4.73. The zero-order chi connectivity index (χ0) is 22.6. The fourth-order valence-corrected chi connectivity index (χ4v) is 3.25. The van der Waals surface area contributed by atoms with Crippen molar-refractivity contribution >= 4 is 5.91 Å². The highest BCUT2D eigenvalue weighted by molar-refractivity contribution is 5.92. The zero-order valence-corrected chi connectivity index (χ0v) is 17.2. The molecule has 162 valence electrons. The summed E-state index contributed by atoms with van der Waals surface area (Å²) in [7, 11) is 0. The molecule has 1 heterocycles. The maximum atomic E-state index is 13.2. The number of halogens is 3. The van der Waals surface area contributed by atoms with Crippen LogP contribution in [0.25, 0.3) is 5.69 Å². The molecule has 0 aliphatic heterocycles. The molecular formula is C23H22F3N3O2. The summed E-state index contributed by atoms with van der Waals surface area (Å²) in [5.41, 5.74) is -0.395. The topological polar surface area (TPSA) is 55.2 Å². The number of carbonyl (C=O) groups excluding carboxylic acids is 1. The summed E-state index contributed by atoms with van der Waals surface area (Å²) in [4.78, 5) is 27.2. The first kappa shape index (κ1) is 22.3. The Labute approximate surface area is 177 Å². The van der Waals surface area contributed by atoms with Crippen molar-refractivity contribution in [3.8, 4) is 5.69 Å². The number of hydrogen-bond acceptors (Lipinski definition) is 3. The Balaban J connectivity index is 2.02. The van der Waals surface area contributed by atoms with E-state index in [2.05, 4.69) is 5.10 Å². The van der Waals surface area contributed by atoms with E-state index in [1.54, 1.807) is 6.92 Å². The Kier molecular flexibility index (Phi) is 6.58. The van der Waals surface area contributed by atoms with E-state index in [9.17, 15) is 22.8 Å². The van der Waals surface area contributed by atoms with Crippen LogP contribution in [0.5, 0.6) is 0 Å². The minimum Gasteiger partial charge on any atom is -0.333 e. The molecular weight excluding hydrogens is 407 g/mol. The zero-order valence-electron chi connectivity index (χ0n) is 17.2. The van der Waals surface area contributed by atoms with Crippen molar-refractivity contribution in [3.63, 3.8) is 0 Å².